The van der Waals surface area contributed by atoms with Crippen LogP contribution >= 0.6 is 0 Å². The van der Waals surface area contributed by atoms with E-state index in [1.807, 2.05) is 24.3 Å². The van der Waals surface area contributed by atoms with Crippen LogP contribution in [0.15, 0.2) is 66.7 Å². The van der Waals surface area contributed by atoms with Gasteiger partial charge in [0.2, 0.25) is 0 Å². The SMILES string of the molecule is O=C(c1cc(F)cc(C(F)(F)F)c1)N(CCc1ccc(F)cc1)Cc1ccc(C2CCC2)cc1. The third-order valence-electron chi connectivity index (χ3n) is 6.27. The summed E-state index contributed by atoms with van der Waals surface area (Å²) in [4.78, 5) is 14.6. The van der Waals surface area contributed by atoms with Crippen LogP contribution in [0.1, 0.15) is 57.8 Å². The summed E-state index contributed by atoms with van der Waals surface area (Å²) >= 11 is 0. The van der Waals surface area contributed by atoms with Crippen LogP contribution in [0.2, 0.25) is 0 Å². The molecule has 1 aliphatic carbocycles. The molecule has 1 amide bonds. The molecule has 0 aromatic heterocycles. The first-order chi connectivity index (χ1) is 16.2. The van der Waals surface area contributed by atoms with Crippen LogP contribution in [0.25, 0.3) is 0 Å². The van der Waals surface area contributed by atoms with Crippen molar-refractivity contribution in [1.82, 2.24) is 4.90 Å². The van der Waals surface area contributed by atoms with Crippen LogP contribution in [0.3, 0.4) is 0 Å². The first-order valence-electron chi connectivity index (χ1n) is 11.2. The maximum Gasteiger partial charge on any atom is 0.416 e. The quantitative estimate of drug-likeness (QED) is 0.334. The van der Waals surface area contributed by atoms with Gasteiger partial charge in [-0.25, -0.2) is 8.78 Å². The van der Waals surface area contributed by atoms with Crippen molar-refractivity contribution in [2.75, 3.05) is 6.54 Å². The summed E-state index contributed by atoms with van der Waals surface area (Å²) in [5.74, 6) is -1.65. The molecule has 0 bridgehead atoms. The largest absolute Gasteiger partial charge is 0.416 e. The highest BCUT2D eigenvalue weighted by molar-refractivity contribution is 5.94. The molecule has 0 saturated heterocycles. The molecule has 34 heavy (non-hydrogen) atoms. The number of rotatable bonds is 7. The molecule has 0 heterocycles. The maximum absolute atomic E-state index is 14.0. The fraction of sp³-hybridized carbons (Fsp3) is 0.296. The van der Waals surface area contributed by atoms with Gasteiger partial charge in [0, 0.05) is 18.7 Å². The fourth-order valence-corrected chi connectivity index (χ4v) is 4.08. The lowest BCUT2D eigenvalue weighted by Gasteiger charge is -2.27. The Balaban J connectivity index is 1.57. The Hall–Kier alpha value is -3.22. The van der Waals surface area contributed by atoms with Gasteiger partial charge in [0.05, 0.1) is 5.56 Å². The van der Waals surface area contributed by atoms with E-state index in [-0.39, 0.29) is 24.5 Å². The summed E-state index contributed by atoms with van der Waals surface area (Å²) in [5.41, 5.74) is 1.26. The fourth-order valence-electron chi connectivity index (χ4n) is 4.08. The van der Waals surface area contributed by atoms with Crippen molar-refractivity contribution in [1.29, 1.82) is 0 Å². The minimum absolute atomic E-state index is 0.156. The Labute approximate surface area is 195 Å². The van der Waals surface area contributed by atoms with E-state index < -0.39 is 23.5 Å². The Bertz CT molecular complexity index is 1140. The summed E-state index contributed by atoms with van der Waals surface area (Å²) in [6, 6.07) is 15.5. The molecule has 0 atom stereocenters. The molecule has 0 spiro atoms. The van der Waals surface area contributed by atoms with Crippen molar-refractivity contribution < 1.29 is 26.7 Å². The van der Waals surface area contributed by atoms with E-state index in [9.17, 15) is 26.7 Å². The van der Waals surface area contributed by atoms with Crippen LogP contribution in [0.4, 0.5) is 22.0 Å². The Morgan fingerprint density at radius 3 is 2.09 bits per heavy atom. The Morgan fingerprint density at radius 1 is 0.853 bits per heavy atom. The average Bonchev–Trinajstić information content (AvgIpc) is 2.76. The Morgan fingerprint density at radius 2 is 1.50 bits per heavy atom. The van der Waals surface area contributed by atoms with Crippen LogP contribution < -0.4 is 0 Å². The zero-order valence-electron chi connectivity index (χ0n) is 18.4. The number of carbonyl (C=O) groups excluding carboxylic acids is 1. The number of halogens is 5. The highest BCUT2D eigenvalue weighted by Crippen LogP contribution is 2.36. The highest BCUT2D eigenvalue weighted by Gasteiger charge is 2.32. The number of amides is 1. The lowest BCUT2D eigenvalue weighted by atomic mass is 9.80. The smallest absolute Gasteiger partial charge is 0.334 e. The maximum atomic E-state index is 14.0. The average molecular weight is 473 g/mol. The van der Waals surface area contributed by atoms with Crippen LogP contribution in [-0.4, -0.2) is 17.4 Å². The van der Waals surface area contributed by atoms with Gasteiger partial charge < -0.3 is 4.90 Å². The molecule has 7 heteroatoms. The third-order valence-corrected chi connectivity index (χ3v) is 6.27. The Kier molecular flexibility index (Phi) is 7.00. The number of carbonyl (C=O) groups is 1. The van der Waals surface area contributed by atoms with Gasteiger partial charge in [-0.1, -0.05) is 42.8 Å². The van der Waals surface area contributed by atoms with Crippen molar-refractivity contribution in [2.45, 2.75) is 44.3 Å². The summed E-state index contributed by atoms with van der Waals surface area (Å²) in [7, 11) is 0. The molecule has 1 aliphatic rings. The monoisotopic (exact) mass is 473 g/mol. The summed E-state index contributed by atoms with van der Waals surface area (Å²) in [6.07, 6.45) is -0.877. The molecule has 0 unspecified atom stereocenters. The second kappa shape index (κ2) is 9.95. The van der Waals surface area contributed by atoms with Gasteiger partial charge in [0.1, 0.15) is 11.6 Å². The number of nitrogens with zero attached hydrogens (tertiary/aromatic N) is 1. The minimum atomic E-state index is -4.77. The summed E-state index contributed by atoms with van der Waals surface area (Å²) < 4.78 is 66.7. The van der Waals surface area contributed by atoms with E-state index in [1.54, 1.807) is 12.1 Å². The van der Waals surface area contributed by atoms with Gasteiger partial charge in [-0.05, 0) is 72.2 Å². The van der Waals surface area contributed by atoms with Gasteiger partial charge >= 0.3 is 6.18 Å². The van der Waals surface area contributed by atoms with E-state index in [1.165, 1.54) is 29.0 Å². The standard InChI is InChI=1S/C27H24F5NO/c28-24-10-6-18(7-11-24)12-13-33(17-19-4-8-21(9-5-19)20-2-1-3-20)26(34)22-14-23(27(30,31)32)16-25(29)15-22/h4-11,14-16,20H,1-3,12-13,17H2. The van der Waals surface area contributed by atoms with E-state index >= 15 is 0 Å². The first-order valence-corrected chi connectivity index (χ1v) is 11.2. The molecule has 4 rings (SSSR count). The number of benzene rings is 3. The van der Waals surface area contributed by atoms with E-state index in [4.69, 9.17) is 0 Å². The second-order valence-corrected chi connectivity index (χ2v) is 8.70. The normalized spacial score (nSPS) is 14.0. The zero-order valence-corrected chi connectivity index (χ0v) is 18.4. The van der Waals surface area contributed by atoms with Gasteiger partial charge in [-0.15, -0.1) is 0 Å². The topological polar surface area (TPSA) is 20.3 Å². The molecule has 1 saturated carbocycles. The molecule has 3 aromatic carbocycles. The number of hydrogen-bond donors (Lipinski definition) is 0. The molecule has 2 nitrogen and oxygen atoms in total. The van der Waals surface area contributed by atoms with Crippen molar-refractivity contribution in [3.63, 3.8) is 0 Å². The predicted octanol–water partition coefficient (Wildman–Crippen LogP) is 7.14. The summed E-state index contributed by atoms with van der Waals surface area (Å²) in [5, 5.41) is 0. The van der Waals surface area contributed by atoms with Gasteiger partial charge in [0.15, 0.2) is 0 Å². The zero-order chi connectivity index (χ0) is 24.3. The van der Waals surface area contributed by atoms with Crippen LogP contribution in [0, 0.1) is 11.6 Å². The van der Waals surface area contributed by atoms with Gasteiger partial charge in [-0.2, -0.15) is 13.2 Å². The van der Waals surface area contributed by atoms with Crippen LogP contribution in [-0.2, 0) is 19.1 Å². The molecular formula is C27H24F5NO. The molecule has 0 N–H and O–H groups in total. The van der Waals surface area contributed by atoms with Crippen molar-refractivity contribution in [3.05, 3.63) is 106 Å². The first kappa shape index (κ1) is 23.9. The molecular weight excluding hydrogens is 449 g/mol. The van der Waals surface area contributed by atoms with Crippen molar-refractivity contribution in [3.8, 4) is 0 Å². The van der Waals surface area contributed by atoms with E-state index in [0.717, 1.165) is 30.0 Å². The lowest BCUT2D eigenvalue weighted by Crippen LogP contribution is -2.33. The minimum Gasteiger partial charge on any atom is -0.334 e. The van der Waals surface area contributed by atoms with Crippen molar-refractivity contribution >= 4 is 5.91 Å². The summed E-state index contributed by atoms with van der Waals surface area (Å²) in [6.45, 7) is 0.329. The number of hydrogen-bond acceptors (Lipinski definition) is 1. The molecule has 178 valence electrons. The lowest BCUT2D eigenvalue weighted by molar-refractivity contribution is -0.137. The second-order valence-electron chi connectivity index (χ2n) is 8.70. The third kappa shape index (κ3) is 5.82. The van der Waals surface area contributed by atoms with E-state index in [2.05, 4.69) is 0 Å². The van der Waals surface area contributed by atoms with Gasteiger partial charge in [-0.3, -0.25) is 4.79 Å². The molecule has 3 aromatic rings. The van der Waals surface area contributed by atoms with E-state index in [0.29, 0.717) is 24.5 Å². The van der Waals surface area contributed by atoms with Gasteiger partial charge in [0.25, 0.3) is 5.91 Å². The van der Waals surface area contributed by atoms with Crippen molar-refractivity contribution in [2.24, 2.45) is 0 Å². The van der Waals surface area contributed by atoms with Crippen LogP contribution in [0.5, 0.6) is 0 Å². The number of alkyl halides is 3. The highest BCUT2D eigenvalue weighted by atomic mass is 19.4. The predicted molar refractivity (Wildman–Crippen MR) is 119 cm³/mol. The molecule has 1 fully saturated rings. The molecule has 0 radical (unpaired) electrons. The molecule has 0 aliphatic heterocycles.